The molecule has 168 valence electrons. The van der Waals surface area contributed by atoms with Crippen molar-refractivity contribution in [3.05, 3.63) is 44.5 Å². The molecule has 3 rings (SSSR count). The molecule has 0 saturated carbocycles. The summed E-state index contributed by atoms with van der Waals surface area (Å²) in [6.45, 7) is 5.33. The highest BCUT2D eigenvalue weighted by Crippen LogP contribution is 2.51. The summed E-state index contributed by atoms with van der Waals surface area (Å²) in [5, 5.41) is 30.4. The van der Waals surface area contributed by atoms with E-state index in [0.717, 1.165) is 0 Å². The number of nitriles is 2. The molecule has 1 heterocycles. The molecule has 8 heteroatoms. The lowest BCUT2D eigenvalue weighted by molar-refractivity contribution is -0.153. The number of aliphatic hydroxyl groups is 1. The minimum Gasteiger partial charge on any atom is -0.496 e. The molecule has 0 unspecified atom stereocenters. The highest BCUT2D eigenvalue weighted by atomic mass is 16.6. The minimum atomic E-state index is -1.33. The predicted molar refractivity (Wildman–Crippen MR) is 115 cm³/mol. The van der Waals surface area contributed by atoms with Gasteiger partial charge in [-0.3, -0.25) is 0 Å². The predicted octanol–water partition coefficient (Wildman–Crippen LogP) is 3.69. The molecule has 0 fully saturated rings. The summed E-state index contributed by atoms with van der Waals surface area (Å²) in [6.07, 6.45) is -1.70. The highest BCUT2D eigenvalue weighted by Gasteiger charge is 2.38. The second kappa shape index (κ2) is 8.96. The van der Waals surface area contributed by atoms with Gasteiger partial charge in [0.2, 0.25) is 0 Å². The molecule has 0 bridgehead atoms. The first kappa shape index (κ1) is 23.2. The summed E-state index contributed by atoms with van der Waals surface area (Å²) in [5.41, 5.74) is 4.29. The van der Waals surface area contributed by atoms with Crippen LogP contribution in [0.2, 0.25) is 0 Å². The summed E-state index contributed by atoms with van der Waals surface area (Å²) in [5.74, 6) is 1.68. The number of hydrogen-bond donors (Lipinski definition) is 1. The van der Waals surface area contributed by atoms with Gasteiger partial charge in [-0.15, -0.1) is 0 Å². The maximum Gasteiger partial charge on any atom is 0.185 e. The number of aliphatic hydroxyl groups excluding tert-OH is 1. The van der Waals surface area contributed by atoms with Gasteiger partial charge < -0.3 is 28.8 Å². The Morgan fingerprint density at radius 1 is 0.750 bits per heavy atom. The van der Waals surface area contributed by atoms with Crippen LogP contribution in [-0.2, 0) is 11.2 Å². The minimum absolute atomic E-state index is 0.284. The van der Waals surface area contributed by atoms with Gasteiger partial charge in [-0.1, -0.05) is 0 Å². The van der Waals surface area contributed by atoms with Crippen molar-refractivity contribution in [2.24, 2.45) is 0 Å². The van der Waals surface area contributed by atoms with E-state index in [1.807, 2.05) is 6.92 Å². The molecule has 32 heavy (non-hydrogen) atoms. The van der Waals surface area contributed by atoms with Gasteiger partial charge in [-0.25, -0.2) is 0 Å². The van der Waals surface area contributed by atoms with Crippen LogP contribution in [0.3, 0.4) is 0 Å². The lowest BCUT2D eigenvalue weighted by Crippen LogP contribution is -2.24. The van der Waals surface area contributed by atoms with E-state index in [0.29, 0.717) is 67.5 Å². The third kappa shape index (κ3) is 3.29. The molecule has 0 amide bonds. The summed E-state index contributed by atoms with van der Waals surface area (Å²) >= 11 is 0. The zero-order valence-electron chi connectivity index (χ0n) is 19.2. The summed E-state index contributed by atoms with van der Waals surface area (Å²) in [4.78, 5) is 0. The van der Waals surface area contributed by atoms with Crippen LogP contribution in [0.4, 0.5) is 0 Å². The normalized spacial score (nSPS) is 17.1. The van der Waals surface area contributed by atoms with Crippen molar-refractivity contribution in [2.75, 3.05) is 28.4 Å². The van der Waals surface area contributed by atoms with Gasteiger partial charge in [0, 0.05) is 34.2 Å². The lowest BCUT2D eigenvalue weighted by atomic mass is 9.85. The van der Waals surface area contributed by atoms with E-state index in [-0.39, 0.29) is 6.42 Å². The number of rotatable bonds is 5. The quantitative estimate of drug-likeness (QED) is 0.752. The summed E-state index contributed by atoms with van der Waals surface area (Å²) < 4.78 is 28.3. The second-order valence-electron chi connectivity index (χ2n) is 7.47. The van der Waals surface area contributed by atoms with Gasteiger partial charge in [0.1, 0.15) is 46.3 Å². The zero-order valence-corrected chi connectivity index (χ0v) is 19.2. The van der Waals surface area contributed by atoms with E-state index in [2.05, 4.69) is 12.1 Å². The average Bonchev–Trinajstić information content (AvgIpc) is 2.78. The Morgan fingerprint density at radius 3 is 1.69 bits per heavy atom. The third-order valence-electron chi connectivity index (χ3n) is 6.01. The van der Waals surface area contributed by atoms with Crippen molar-refractivity contribution in [3.63, 3.8) is 0 Å². The topological polar surface area (TPSA) is 114 Å². The zero-order chi connectivity index (χ0) is 23.7. The van der Waals surface area contributed by atoms with Gasteiger partial charge in [0.15, 0.2) is 6.29 Å². The molecule has 0 aromatic heterocycles. The summed E-state index contributed by atoms with van der Waals surface area (Å²) in [7, 11) is 5.99. The van der Waals surface area contributed by atoms with Crippen molar-refractivity contribution in [2.45, 2.75) is 39.6 Å². The molecule has 1 aliphatic heterocycles. The first-order valence-corrected chi connectivity index (χ1v) is 9.97. The molecule has 2 aromatic rings. The van der Waals surface area contributed by atoms with Crippen LogP contribution in [0.1, 0.15) is 56.9 Å². The van der Waals surface area contributed by atoms with Crippen molar-refractivity contribution in [1.29, 1.82) is 10.5 Å². The molecule has 1 aliphatic rings. The number of fused-ring (bicyclic) bond motifs is 1. The first-order chi connectivity index (χ1) is 15.3. The molecule has 0 aliphatic carbocycles. The van der Waals surface area contributed by atoms with Gasteiger partial charge in [-0.05, 0) is 20.8 Å². The average molecular weight is 438 g/mol. The van der Waals surface area contributed by atoms with E-state index in [4.69, 9.17) is 23.7 Å². The number of nitrogens with zero attached hydrogens (tertiary/aromatic N) is 2. The van der Waals surface area contributed by atoms with Crippen LogP contribution in [0.5, 0.6) is 23.0 Å². The van der Waals surface area contributed by atoms with E-state index in [1.165, 1.54) is 28.4 Å². The second-order valence-corrected chi connectivity index (χ2v) is 7.47. The molecule has 1 N–H and O–H groups in total. The number of hydrogen-bond acceptors (Lipinski definition) is 8. The fourth-order valence-electron chi connectivity index (χ4n) is 4.62. The molecule has 2 aromatic carbocycles. The first-order valence-electron chi connectivity index (χ1n) is 9.97. The van der Waals surface area contributed by atoms with E-state index >= 15 is 0 Å². The number of ether oxygens (including phenoxy) is 5. The Kier molecular flexibility index (Phi) is 6.50. The van der Waals surface area contributed by atoms with Crippen LogP contribution in [0, 0.1) is 43.4 Å². The van der Waals surface area contributed by atoms with Gasteiger partial charge >= 0.3 is 0 Å². The van der Waals surface area contributed by atoms with Crippen LogP contribution in [0.15, 0.2) is 0 Å². The Balaban J connectivity index is 2.32. The van der Waals surface area contributed by atoms with Crippen molar-refractivity contribution in [3.8, 4) is 35.1 Å². The van der Waals surface area contributed by atoms with E-state index < -0.39 is 12.4 Å². The Hall–Kier alpha value is -3.46. The van der Waals surface area contributed by atoms with E-state index in [9.17, 15) is 15.6 Å². The molecule has 8 nitrogen and oxygen atoms in total. The lowest BCUT2D eigenvalue weighted by Gasteiger charge is -2.34. The Morgan fingerprint density at radius 2 is 1.22 bits per heavy atom. The van der Waals surface area contributed by atoms with Gasteiger partial charge in [0.25, 0.3) is 0 Å². The molecular formula is C24H26N2O6. The standard InChI is InChI=1S/C24H26N2O6/c1-11-15(9-25)20(28-4)13(3)18(21(11)29-5)17-8-14-19(24(27)32-17)22(30-6)12(2)16(10-26)23(14)31-7/h17,24,27H,8H2,1-7H3/t17-,24-/m0/s1. The van der Waals surface area contributed by atoms with Gasteiger partial charge in [0.05, 0.1) is 40.1 Å². The Labute approximate surface area is 187 Å². The summed E-state index contributed by atoms with van der Waals surface area (Å²) in [6, 6.07) is 4.35. The van der Waals surface area contributed by atoms with Crippen LogP contribution >= 0.6 is 0 Å². The smallest absolute Gasteiger partial charge is 0.185 e. The number of benzene rings is 2. The van der Waals surface area contributed by atoms with E-state index in [1.54, 1.807) is 13.8 Å². The maximum atomic E-state index is 11.0. The monoisotopic (exact) mass is 438 g/mol. The fraction of sp³-hybridized carbons (Fsp3) is 0.417. The van der Waals surface area contributed by atoms with Crippen LogP contribution in [0.25, 0.3) is 0 Å². The third-order valence-corrected chi connectivity index (χ3v) is 6.01. The highest BCUT2D eigenvalue weighted by molar-refractivity contribution is 5.66. The maximum absolute atomic E-state index is 11.0. The van der Waals surface area contributed by atoms with Crippen molar-refractivity contribution >= 4 is 0 Å². The fourth-order valence-corrected chi connectivity index (χ4v) is 4.62. The van der Waals surface area contributed by atoms with Crippen LogP contribution < -0.4 is 18.9 Å². The van der Waals surface area contributed by atoms with Crippen LogP contribution in [-0.4, -0.2) is 33.5 Å². The number of methoxy groups -OCH3 is 4. The largest absolute Gasteiger partial charge is 0.496 e. The SMILES string of the molecule is COc1c(C)c([C@@H]2Cc3c(OC)c(C#N)c(C)c(OC)c3[C@@H](O)O2)c(OC)c(C)c1C#N. The van der Waals surface area contributed by atoms with Crippen molar-refractivity contribution in [1.82, 2.24) is 0 Å². The molecule has 0 saturated heterocycles. The molecule has 0 spiro atoms. The van der Waals surface area contributed by atoms with Gasteiger partial charge in [-0.2, -0.15) is 10.5 Å². The Bertz CT molecular complexity index is 1160. The molecular weight excluding hydrogens is 412 g/mol. The molecule has 2 atom stereocenters. The molecule has 0 radical (unpaired) electrons. The van der Waals surface area contributed by atoms with Crippen molar-refractivity contribution < 1.29 is 28.8 Å².